The van der Waals surface area contributed by atoms with Gasteiger partial charge in [0.1, 0.15) is 19.2 Å². The maximum absolute atomic E-state index is 12.0. The lowest BCUT2D eigenvalue weighted by molar-refractivity contribution is -0.141. The van der Waals surface area contributed by atoms with E-state index < -0.39 is 24.0 Å². The van der Waals surface area contributed by atoms with Gasteiger partial charge in [0.25, 0.3) is 0 Å². The van der Waals surface area contributed by atoms with Crippen LogP contribution in [0.25, 0.3) is 0 Å². The predicted octanol–water partition coefficient (Wildman–Crippen LogP) is 2.49. The van der Waals surface area contributed by atoms with Crippen LogP contribution in [0.1, 0.15) is 11.1 Å². The van der Waals surface area contributed by atoms with Crippen LogP contribution >= 0.6 is 15.9 Å². The molecule has 0 heterocycles. The molecular weight excluding hydrogens is 416 g/mol. The Morgan fingerprint density at radius 3 is 2.37 bits per heavy atom. The fourth-order valence-electron chi connectivity index (χ4n) is 2.26. The fraction of sp³-hybridized carbons (Fsp3) is 0.211. The van der Waals surface area contributed by atoms with Crippen molar-refractivity contribution in [3.63, 3.8) is 0 Å². The summed E-state index contributed by atoms with van der Waals surface area (Å²) in [7, 11) is 0. The number of carboxylic acids is 1. The van der Waals surface area contributed by atoms with E-state index in [1.54, 1.807) is 30.3 Å². The number of nitrogens with one attached hydrogen (secondary N) is 2. The molecule has 0 unspecified atom stereocenters. The van der Waals surface area contributed by atoms with Gasteiger partial charge in [0.2, 0.25) is 5.91 Å². The molecule has 0 aliphatic rings. The molecule has 0 saturated carbocycles. The number of ether oxygens (including phenoxy) is 1. The zero-order valence-electron chi connectivity index (χ0n) is 14.4. The number of hydrogen-bond acceptors (Lipinski definition) is 4. The molecule has 0 radical (unpaired) electrons. The lowest BCUT2D eigenvalue weighted by Crippen LogP contribution is -2.46. The summed E-state index contributed by atoms with van der Waals surface area (Å²) in [6.07, 6.45) is -0.646. The summed E-state index contributed by atoms with van der Waals surface area (Å²) in [5.74, 6) is -1.78. The molecule has 2 aromatic rings. The molecule has 0 saturated heterocycles. The van der Waals surface area contributed by atoms with Gasteiger partial charge in [-0.1, -0.05) is 64.5 Å². The van der Waals surface area contributed by atoms with Gasteiger partial charge in [-0.2, -0.15) is 0 Å². The standard InChI is InChI=1S/C19H19BrN2O5/c20-15-9-5-4-8-14(15)10-16(18(24)25)22-17(23)11-21-19(26)27-12-13-6-2-1-3-7-13/h1-9,16H,10-12H2,(H,21,26)(H,22,23)(H,24,25)/t16-/m1/s1. The maximum atomic E-state index is 12.0. The second-order valence-corrected chi connectivity index (χ2v) is 6.52. The number of aliphatic carboxylic acids is 1. The topological polar surface area (TPSA) is 105 Å². The number of benzene rings is 2. The van der Waals surface area contributed by atoms with Crippen molar-refractivity contribution in [2.75, 3.05) is 6.54 Å². The van der Waals surface area contributed by atoms with Crippen molar-refractivity contribution in [3.8, 4) is 0 Å². The zero-order chi connectivity index (χ0) is 19.6. The summed E-state index contributed by atoms with van der Waals surface area (Å²) < 4.78 is 5.75. The Kier molecular flexibility index (Phi) is 7.81. The third-order valence-electron chi connectivity index (χ3n) is 3.62. The van der Waals surface area contributed by atoms with Crippen LogP contribution in [0.2, 0.25) is 0 Å². The summed E-state index contributed by atoms with van der Waals surface area (Å²) in [6.45, 7) is -0.304. The molecular formula is C19H19BrN2O5. The van der Waals surface area contributed by atoms with E-state index in [0.29, 0.717) is 0 Å². The van der Waals surface area contributed by atoms with Gasteiger partial charge in [-0.25, -0.2) is 9.59 Å². The number of carboxylic acid groups (broad SMARTS) is 1. The van der Waals surface area contributed by atoms with E-state index in [-0.39, 0.29) is 19.6 Å². The van der Waals surface area contributed by atoms with Crippen molar-refractivity contribution in [2.45, 2.75) is 19.1 Å². The molecule has 27 heavy (non-hydrogen) atoms. The highest BCUT2D eigenvalue weighted by molar-refractivity contribution is 9.10. The predicted molar refractivity (Wildman–Crippen MR) is 102 cm³/mol. The maximum Gasteiger partial charge on any atom is 0.407 e. The highest BCUT2D eigenvalue weighted by Crippen LogP contribution is 2.17. The normalized spacial score (nSPS) is 11.3. The third kappa shape index (κ3) is 7.10. The Balaban J connectivity index is 1.79. The highest BCUT2D eigenvalue weighted by atomic mass is 79.9. The van der Waals surface area contributed by atoms with Gasteiger partial charge in [-0.3, -0.25) is 4.79 Å². The first-order chi connectivity index (χ1) is 13.0. The Labute approximate surface area is 164 Å². The minimum absolute atomic E-state index is 0.0775. The number of amides is 2. The van der Waals surface area contributed by atoms with Crippen molar-refractivity contribution in [3.05, 3.63) is 70.2 Å². The quantitative estimate of drug-likeness (QED) is 0.591. The monoisotopic (exact) mass is 434 g/mol. The molecule has 0 aliphatic carbocycles. The number of carbonyl (C=O) groups is 3. The van der Waals surface area contributed by atoms with E-state index >= 15 is 0 Å². The number of alkyl carbamates (subject to hydrolysis) is 1. The zero-order valence-corrected chi connectivity index (χ0v) is 15.9. The van der Waals surface area contributed by atoms with Gasteiger partial charge in [0.05, 0.1) is 0 Å². The summed E-state index contributed by atoms with van der Waals surface area (Å²) in [4.78, 5) is 35.0. The molecule has 0 aromatic heterocycles. The summed E-state index contributed by atoms with van der Waals surface area (Å²) in [6, 6.07) is 15.1. The molecule has 2 aromatic carbocycles. The Bertz CT molecular complexity index is 798. The van der Waals surface area contributed by atoms with Crippen molar-refractivity contribution in [1.82, 2.24) is 10.6 Å². The number of rotatable bonds is 8. The van der Waals surface area contributed by atoms with Crippen LogP contribution in [-0.4, -0.2) is 35.7 Å². The van der Waals surface area contributed by atoms with Gasteiger partial charge in [-0.05, 0) is 17.2 Å². The average Bonchev–Trinajstić information content (AvgIpc) is 2.66. The summed E-state index contributed by atoms with van der Waals surface area (Å²) in [5, 5.41) is 14.0. The molecule has 1 atom stereocenters. The van der Waals surface area contributed by atoms with Crippen molar-refractivity contribution in [2.24, 2.45) is 0 Å². The first-order valence-corrected chi connectivity index (χ1v) is 8.95. The molecule has 2 amide bonds. The van der Waals surface area contributed by atoms with E-state index in [0.717, 1.165) is 15.6 Å². The van der Waals surface area contributed by atoms with E-state index in [9.17, 15) is 19.5 Å². The largest absolute Gasteiger partial charge is 0.480 e. The van der Waals surface area contributed by atoms with E-state index in [2.05, 4.69) is 26.6 Å². The minimum Gasteiger partial charge on any atom is -0.480 e. The minimum atomic E-state index is -1.16. The third-order valence-corrected chi connectivity index (χ3v) is 4.39. The van der Waals surface area contributed by atoms with Crippen LogP contribution in [0, 0.1) is 0 Å². The van der Waals surface area contributed by atoms with Gasteiger partial charge in [0.15, 0.2) is 0 Å². The highest BCUT2D eigenvalue weighted by Gasteiger charge is 2.21. The lowest BCUT2D eigenvalue weighted by atomic mass is 10.1. The molecule has 3 N–H and O–H groups in total. The molecule has 8 heteroatoms. The van der Waals surface area contributed by atoms with Crippen molar-refractivity contribution >= 4 is 33.9 Å². The SMILES string of the molecule is O=C(CNC(=O)OCc1ccccc1)N[C@H](Cc1ccccc1Br)C(=O)O. The van der Waals surface area contributed by atoms with Crippen LogP contribution in [0.3, 0.4) is 0 Å². The van der Waals surface area contributed by atoms with Crippen LogP contribution in [0.4, 0.5) is 4.79 Å². The van der Waals surface area contributed by atoms with E-state index in [1.807, 2.05) is 24.3 Å². The van der Waals surface area contributed by atoms with E-state index in [4.69, 9.17) is 4.74 Å². The Hall–Kier alpha value is -2.87. The number of halogens is 1. The van der Waals surface area contributed by atoms with Crippen molar-refractivity contribution < 1.29 is 24.2 Å². The van der Waals surface area contributed by atoms with Crippen LogP contribution in [0.15, 0.2) is 59.1 Å². The van der Waals surface area contributed by atoms with Gasteiger partial charge < -0.3 is 20.5 Å². The first kappa shape index (κ1) is 20.4. The molecule has 0 aliphatic heterocycles. The molecule has 2 rings (SSSR count). The molecule has 142 valence electrons. The molecule has 0 fully saturated rings. The molecule has 7 nitrogen and oxygen atoms in total. The van der Waals surface area contributed by atoms with Crippen molar-refractivity contribution in [1.29, 1.82) is 0 Å². The second kappa shape index (κ2) is 10.3. The fourth-order valence-corrected chi connectivity index (χ4v) is 2.70. The lowest BCUT2D eigenvalue weighted by Gasteiger charge is -2.15. The van der Waals surface area contributed by atoms with Gasteiger partial charge in [0, 0.05) is 10.9 Å². The van der Waals surface area contributed by atoms with Gasteiger partial charge in [-0.15, -0.1) is 0 Å². The van der Waals surface area contributed by atoms with Crippen LogP contribution in [-0.2, 0) is 27.4 Å². The Morgan fingerprint density at radius 2 is 1.70 bits per heavy atom. The summed E-state index contributed by atoms with van der Waals surface area (Å²) in [5.41, 5.74) is 1.57. The average molecular weight is 435 g/mol. The number of hydrogen-bond donors (Lipinski definition) is 3. The number of carbonyl (C=O) groups excluding carboxylic acids is 2. The van der Waals surface area contributed by atoms with Gasteiger partial charge >= 0.3 is 12.1 Å². The second-order valence-electron chi connectivity index (χ2n) is 5.67. The summed E-state index contributed by atoms with van der Waals surface area (Å²) >= 11 is 3.35. The first-order valence-electron chi connectivity index (χ1n) is 8.16. The van der Waals surface area contributed by atoms with Crippen LogP contribution in [0.5, 0.6) is 0 Å². The van der Waals surface area contributed by atoms with E-state index in [1.165, 1.54) is 0 Å². The molecule has 0 bridgehead atoms. The van der Waals surface area contributed by atoms with Crippen LogP contribution < -0.4 is 10.6 Å². The Morgan fingerprint density at radius 1 is 1.04 bits per heavy atom. The molecule has 0 spiro atoms. The smallest absolute Gasteiger partial charge is 0.407 e.